The summed E-state index contributed by atoms with van der Waals surface area (Å²) in [5, 5.41) is 18.0. The van der Waals surface area contributed by atoms with Gasteiger partial charge in [0, 0.05) is 18.3 Å². The Kier molecular flexibility index (Phi) is 2.38. The van der Waals surface area contributed by atoms with E-state index in [4.69, 9.17) is 5.26 Å². The maximum Gasteiger partial charge on any atom is 0.268 e. The van der Waals surface area contributed by atoms with E-state index in [1.807, 2.05) is 0 Å². The van der Waals surface area contributed by atoms with Crippen molar-refractivity contribution in [3.63, 3.8) is 0 Å². The maximum atomic E-state index is 11.4. The van der Waals surface area contributed by atoms with Crippen LogP contribution >= 0.6 is 0 Å². The summed E-state index contributed by atoms with van der Waals surface area (Å²) < 4.78 is 1.31. The third-order valence-corrected chi connectivity index (χ3v) is 1.96. The summed E-state index contributed by atoms with van der Waals surface area (Å²) in [5.41, 5.74) is 0.0133. The van der Waals surface area contributed by atoms with Gasteiger partial charge in [-0.25, -0.2) is 0 Å². The van der Waals surface area contributed by atoms with Crippen molar-refractivity contribution < 1.29 is 5.11 Å². The molecule has 1 aromatic rings. The van der Waals surface area contributed by atoms with Gasteiger partial charge in [-0.05, 0) is 13.8 Å². The van der Waals surface area contributed by atoms with Gasteiger partial charge in [-0.1, -0.05) is 0 Å². The highest BCUT2D eigenvalue weighted by Gasteiger charge is 2.09. The van der Waals surface area contributed by atoms with Crippen molar-refractivity contribution >= 4 is 0 Å². The van der Waals surface area contributed by atoms with Crippen LogP contribution in [0.1, 0.15) is 18.1 Å². The molecule has 4 nitrogen and oxygen atoms in total. The fourth-order valence-electron chi connectivity index (χ4n) is 1.10. The minimum Gasteiger partial charge on any atom is -0.506 e. The summed E-state index contributed by atoms with van der Waals surface area (Å²) in [6.07, 6.45) is 1.35. The molecule has 1 aromatic heterocycles. The van der Waals surface area contributed by atoms with Crippen LogP contribution in [0, 0.1) is 18.3 Å². The zero-order valence-electron chi connectivity index (χ0n) is 7.53. The van der Waals surface area contributed by atoms with Gasteiger partial charge < -0.3 is 9.67 Å². The fourth-order valence-corrected chi connectivity index (χ4v) is 1.10. The zero-order valence-corrected chi connectivity index (χ0v) is 7.53. The molecule has 0 unspecified atom stereocenters. The SMILES string of the molecule is CCn1cc(O)c(C)c(C#N)c1=O. The van der Waals surface area contributed by atoms with Crippen LogP contribution in [0.5, 0.6) is 5.75 Å². The van der Waals surface area contributed by atoms with Gasteiger partial charge in [-0.3, -0.25) is 4.79 Å². The highest BCUT2D eigenvalue weighted by atomic mass is 16.3. The molecule has 0 aliphatic heterocycles. The summed E-state index contributed by atoms with van der Waals surface area (Å²) in [6.45, 7) is 3.77. The quantitative estimate of drug-likeness (QED) is 0.690. The van der Waals surface area contributed by atoms with E-state index in [2.05, 4.69) is 0 Å². The average Bonchev–Trinajstić information content (AvgIpc) is 2.12. The number of nitrogens with zero attached hydrogens (tertiary/aromatic N) is 2. The highest BCUT2D eigenvalue weighted by molar-refractivity contribution is 5.42. The van der Waals surface area contributed by atoms with Gasteiger partial charge in [0.15, 0.2) is 0 Å². The zero-order chi connectivity index (χ0) is 10.0. The van der Waals surface area contributed by atoms with E-state index >= 15 is 0 Å². The molecule has 0 aliphatic carbocycles. The molecule has 0 aromatic carbocycles. The van der Waals surface area contributed by atoms with E-state index in [0.29, 0.717) is 12.1 Å². The predicted octanol–water partition coefficient (Wildman–Crippen LogP) is 0.754. The van der Waals surface area contributed by atoms with Crippen LogP contribution in [0.25, 0.3) is 0 Å². The largest absolute Gasteiger partial charge is 0.506 e. The van der Waals surface area contributed by atoms with Gasteiger partial charge in [0.05, 0.1) is 0 Å². The van der Waals surface area contributed by atoms with Gasteiger partial charge in [0.2, 0.25) is 0 Å². The molecular formula is C9H10N2O2. The Morgan fingerprint density at radius 3 is 2.77 bits per heavy atom. The summed E-state index contributed by atoms with van der Waals surface area (Å²) in [5.74, 6) is -0.0157. The Morgan fingerprint density at radius 2 is 2.31 bits per heavy atom. The summed E-state index contributed by atoms with van der Waals surface area (Å²) in [4.78, 5) is 11.4. The minimum absolute atomic E-state index is 0.0156. The van der Waals surface area contributed by atoms with Crippen molar-refractivity contribution in [2.75, 3.05) is 0 Å². The number of rotatable bonds is 1. The topological polar surface area (TPSA) is 66.0 Å². The van der Waals surface area contributed by atoms with E-state index in [-0.39, 0.29) is 16.9 Å². The lowest BCUT2D eigenvalue weighted by molar-refractivity contribution is 0.460. The van der Waals surface area contributed by atoms with Crippen molar-refractivity contribution in [3.8, 4) is 11.8 Å². The second-order valence-corrected chi connectivity index (χ2v) is 2.72. The first-order valence-electron chi connectivity index (χ1n) is 3.95. The van der Waals surface area contributed by atoms with Gasteiger partial charge >= 0.3 is 0 Å². The second kappa shape index (κ2) is 3.31. The van der Waals surface area contributed by atoms with Crippen LogP contribution in [-0.2, 0) is 6.54 Å². The number of nitriles is 1. The van der Waals surface area contributed by atoms with Crippen LogP contribution in [-0.4, -0.2) is 9.67 Å². The molecule has 0 radical (unpaired) electrons. The lowest BCUT2D eigenvalue weighted by Gasteiger charge is -2.05. The van der Waals surface area contributed by atoms with E-state index in [9.17, 15) is 9.90 Å². The lowest BCUT2D eigenvalue weighted by atomic mass is 10.1. The third kappa shape index (κ3) is 1.41. The molecule has 0 saturated heterocycles. The standard InChI is InChI=1S/C9H10N2O2/c1-3-11-5-8(12)6(2)7(4-10)9(11)13/h5,12H,3H2,1-2H3. The molecule has 0 amide bonds. The average molecular weight is 178 g/mol. The number of hydrogen-bond acceptors (Lipinski definition) is 3. The Hall–Kier alpha value is -1.76. The first-order valence-corrected chi connectivity index (χ1v) is 3.95. The van der Waals surface area contributed by atoms with Crippen LogP contribution in [0.4, 0.5) is 0 Å². The number of hydrogen-bond donors (Lipinski definition) is 1. The molecule has 1 N–H and O–H groups in total. The highest BCUT2D eigenvalue weighted by Crippen LogP contribution is 2.15. The lowest BCUT2D eigenvalue weighted by Crippen LogP contribution is -2.22. The second-order valence-electron chi connectivity index (χ2n) is 2.72. The molecular weight excluding hydrogens is 168 g/mol. The Balaban J connectivity index is 3.61. The first-order chi connectivity index (χ1) is 6.11. The Bertz CT molecular complexity index is 426. The molecule has 0 saturated carbocycles. The Morgan fingerprint density at radius 1 is 1.69 bits per heavy atom. The summed E-state index contributed by atoms with van der Waals surface area (Å²) >= 11 is 0. The molecule has 0 bridgehead atoms. The maximum absolute atomic E-state index is 11.4. The molecule has 68 valence electrons. The van der Waals surface area contributed by atoms with Crippen molar-refractivity contribution in [1.82, 2.24) is 4.57 Å². The van der Waals surface area contributed by atoms with Gasteiger partial charge in [-0.15, -0.1) is 0 Å². The number of pyridine rings is 1. The monoisotopic (exact) mass is 178 g/mol. The molecule has 0 aliphatic rings. The van der Waals surface area contributed by atoms with Gasteiger partial charge in [0.1, 0.15) is 17.4 Å². The molecule has 4 heteroatoms. The predicted molar refractivity (Wildman–Crippen MR) is 47.5 cm³/mol. The number of aryl methyl sites for hydroxylation is 1. The number of aromatic hydroxyl groups is 1. The van der Waals surface area contributed by atoms with Crippen LogP contribution in [0.3, 0.4) is 0 Å². The van der Waals surface area contributed by atoms with Gasteiger partial charge in [0.25, 0.3) is 5.56 Å². The van der Waals surface area contributed by atoms with E-state index in [1.54, 1.807) is 19.9 Å². The van der Waals surface area contributed by atoms with E-state index < -0.39 is 0 Å². The van der Waals surface area contributed by atoms with Crippen LogP contribution in [0.2, 0.25) is 0 Å². The fraction of sp³-hybridized carbons (Fsp3) is 0.333. The molecule has 0 spiro atoms. The van der Waals surface area contributed by atoms with Crippen molar-refractivity contribution in [1.29, 1.82) is 5.26 Å². The summed E-state index contributed by atoms with van der Waals surface area (Å²) in [6, 6.07) is 1.79. The molecule has 1 heterocycles. The minimum atomic E-state index is -0.347. The number of aromatic nitrogens is 1. The van der Waals surface area contributed by atoms with Gasteiger partial charge in [-0.2, -0.15) is 5.26 Å². The molecule has 0 fully saturated rings. The third-order valence-electron chi connectivity index (χ3n) is 1.96. The Labute approximate surface area is 75.7 Å². The van der Waals surface area contributed by atoms with E-state index in [0.717, 1.165) is 0 Å². The van der Waals surface area contributed by atoms with Crippen molar-refractivity contribution in [2.45, 2.75) is 20.4 Å². The first kappa shape index (κ1) is 9.33. The van der Waals surface area contributed by atoms with Crippen LogP contribution < -0.4 is 5.56 Å². The molecule has 1 rings (SSSR count). The molecule has 0 atom stereocenters. The summed E-state index contributed by atoms with van der Waals surface area (Å²) in [7, 11) is 0. The van der Waals surface area contributed by atoms with Crippen molar-refractivity contribution in [2.24, 2.45) is 0 Å². The van der Waals surface area contributed by atoms with E-state index in [1.165, 1.54) is 10.8 Å². The normalized spacial score (nSPS) is 9.62. The molecule has 13 heavy (non-hydrogen) atoms. The van der Waals surface area contributed by atoms with Crippen molar-refractivity contribution in [3.05, 3.63) is 27.7 Å². The van der Waals surface area contributed by atoms with Crippen LogP contribution in [0.15, 0.2) is 11.0 Å². The smallest absolute Gasteiger partial charge is 0.268 e.